The van der Waals surface area contributed by atoms with E-state index < -0.39 is 0 Å². The van der Waals surface area contributed by atoms with E-state index in [1.807, 2.05) is 25.1 Å². The highest BCUT2D eigenvalue weighted by Crippen LogP contribution is 2.38. The van der Waals surface area contributed by atoms with Gasteiger partial charge in [0.25, 0.3) is 0 Å². The van der Waals surface area contributed by atoms with E-state index >= 15 is 0 Å². The van der Waals surface area contributed by atoms with Crippen LogP contribution in [-0.2, 0) is 9.53 Å². The molecule has 4 heteroatoms. The summed E-state index contributed by atoms with van der Waals surface area (Å²) < 4.78 is 5.48. The maximum absolute atomic E-state index is 12.2. The first kappa shape index (κ1) is 15.6. The van der Waals surface area contributed by atoms with Crippen LogP contribution in [0.5, 0.6) is 0 Å². The fraction of sp³-hybridized carbons (Fsp3) is 0.471. The van der Waals surface area contributed by atoms with Crippen molar-refractivity contribution in [2.75, 3.05) is 19.0 Å². The third-order valence-electron chi connectivity index (χ3n) is 3.93. The number of amides is 1. The first-order chi connectivity index (χ1) is 10.1. The van der Waals surface area contributed by atoms with Crippen molar-refractivity contribution < 1.29 is 14.6 Å². The van der Waals surface area contributed by atoms with E-state index in [9.17, 15) is 4.79 Å². The number of carbonyl (C=O) groups excluding carboxylic acids is 1. The van der Waals surface area contributed by atoms with Crippen LogP contribution in [0.25, 0.3) is 0 Å². The number of aryl methyl sites for hydroxylation is 1. The summed E-state index contributed by atoms with van der Waals surface area (Å²) in [6.07, 6.45) is 3.34. The van der Waals surface area contributed by atoms with Crippen LogP contribution in [0.1, 0.15) is 36.8 Å². The Balaban J connectivity index is 2.11. The summed E-state index contributed by atoms with van der Waals surface area (Å²) in [6, 6.07) is 5.67. The molecule has 1 fully saturated rings. The minimum Gasteiger partial charge on any atom is -0.384 e. The van der Waals surface area contributed by atoms with Gasteiger partial charge in [-0.25, -0.2) is 0 Å². The van der Waals surface area contributed by atoms with Crippen molar-refractivity contribution in [3.8, 4) is 11.8 Å². The maximum Gasteiger partial charge on any atom is 0.227 e. The number of anilines is 1. The van der Waals surface area contributed by atoms with Crippen LogP contribution in [0.3, 0.4) is 0 Å². The molecule has 0 radical (unpaired) electrons. The molecule has 112 valence electrons. The molecule has 0 unspecified atom stereocenters. The predicted molar refractivity (Wildman–Crippen MR) is 82.0 cm³/mol. The zero-order valence-electron chi connectivity index (χ0n) is 12.5. The van der Waals surface area contributed by atoms with Crippen LogP contribution < -0.4 is 5.32 Å². The van der Waals surface area contributed by atoms with Crippen LogP contribution in [0.15, 0.2) is 18.2 Å². The molecule has 1 aromatic carbocycles. The van der Waals surface area contributed by atoms with Crippen LogP contribution in [0.4, 0.5) is 5.69 Å². The molecule has 0 aromatic heterocycles. The van der Waals surface area contributed by atoms with E-state index in [1.165, 1.54) is 0 Å². The number of nitrogens with one attached hydrogen (secondary N) is 1. The molecule has 1 aromatic rings. The number of aliphatic hydroxyl groups excluding tert-OH is 1. The van der Waals surface area contributed by atoms with Crippen molar-refractivity contribution in [3.05, 3.63) is 29.3 Å². The Bertz CT molecular complexity index is 574. The van der Waals surface area contributed by atoms with Gasteiger partial charge in [-0.15, -0.1) is 0 Å². The molecule has 2 N–H and O–H groups in total. The molecule has 2 rings (SSSR count). The smallest absolute Gasteiger partial charge is 0.227 e. The predicted octanol–water partition coefficient (Wildman–Crippen LogP) is 2.24. The highest BCUT2D eigenvalue weighted by Gasteiger charge is 2.39. The molecule has 0 spiro atoms. The Hall–Kier alpha value is -1.83. The molecule has 1 saturated carbocycles. The van der Waals surface area contributed by atoms with Gasteiger partial charge in [0.2, 0.25) is 5.91 Å². The average Bonchev–Trinajstić information content (AvgIpc) is 2.42. The van der Waals surface area contributed by atoms with Crippen molar-refractivity contribution >= 4 is 11.6 Å². The fourth-order valence-electron chi connectivity index (χ4n) is 2.52. The van der Waals surface area contributed by atoms with E-state index in [1.54, 1.807) is 7.11 Å². The third kappa shape index (κ3) is 3.84. The highest BCUT2D eigenvalue weighted by atomic mass is 16.5. The van der Waals surface area contributed by atoms with Crippen LogP contribution in [0.2, 0.25) is 0 Å². The number of rotatable bonds is 4. The van der Waals surface area contributed by atoms with E-state index in [-0.39, 0.29) is 18.1 Å². The zero-order valence-corrected chi connectivity index (χ0v) is 12.5. The largest absolute Gasteiger partial charge is 0.384 e. The molecular formula is C17H21NO3. The molecule has 0 atom stereocenters. The molecule has 1 aliphatic rings. The Morgan fingerprint density at radius 3 is 2.81 bits per heavy atom. The summed E-state index contributed by atoms with van der Waals surface area (Å²) in [7, 11) is 1.66. The molecule has 0 aliphatic heterocycles. The van der Waals surface area contributed by atoms with Gasteiger partial charge in [-0.3, -0.25) is 4.79 Å². The number of hydrogen-bond donors (Lipinski definition) is 2. The van der Waals surface area contributed by atoms with Crippen molar-refractivity contribution in [1.29, 1.82) is 0 Å². The van der Waals surface area contributed by atoms with Gasteiger partial charge >= 0.3 is 0 Å². The SMILES string of the molecule is COC1(CC(=O)Nc2cc(C)ccc2C#CCO)CCC1. The standard InChI is InChI=1S/C17H21NO3/c1-13-6-7-14(5-3-10-19)15(11-13)18-16(20)12-17(21-2)8-4-9-17/h6-7,11,19H,4,8-10,12H2,1-2H3,(H,18,20). The lowest BCUT2D eigenvalue weighted by Gasteiger charge is -2.39. The molecule has 1 aliphatic carbocycles. The van der Waals surface area contributed by atoms with Gasteiger partial charge in [0.15, 0.2) is 0 Å². The fourth-order valence-corrected chi connectivity index (χ4v) is 2.52. The summed E-state index contributed by atoms with van der Waals surface area (Å²) in [6.45, 7) is 1.76. The first-order valence-electron chi connectivity index (χ1n) is 7.14. The van der Waals surface area contributed by atoms with E-state index in [0.29, 0.717) is 17.7 Å². The topological polar surface area (TPSA) is 58.6 Å². The number of hydrogen-bond acceptors (Lipinski definition) is 3. The van der Waals surface area contributed by atoms with Gasteiger partial charge in [0.05, 0.1) is 17.7 Å². The summed E-state index contributed by atoms with van der Waals surface area (Å²) in [5.41, 5.74) is 2.16. The quantitative estimate of drug-likeness (QED) is 0.835. The Morgan fingerprint density at radius 1 is 1.48 bits per heavy atom. The molecule has 0 bridgehead atoms. The Morgan fingerprint density at radius 2 is 2.24 bits per heavy atom. The monoisotopic (exact) mass is 287 g/mol. The van der Waals surface area contributed by atoms with E-state index in [2.05, 4.69) is 17.2 Å². The van der Waals surface area contributed by atoms with Crippen LogP contribution in [0, 0.1) is 18.8 Å². The normalized spacial score (nSPS) is 15.6. The number of carbonyl (C=O) groups is 1. The summed E-state index contributed by atoms with van der Waals surface area (Å²) in [5, 5.41) is 11.7. The highest BCUT2D eigenvalue weighted by molar-refractivity contribution is 5.93. The number of benzene rings is 1. The average molecular weight is 287 g/mol. The summed E-state index contributed by atoms with van der Waals surface area (Å²) >= 11 is 0. The summed E-state index contributed by atoms with van der Waals surface area (Å²) in [5.74, 6) is 5.40. The van der Waals surface area contributed by atoms with Crippen molar-refractivity contribution in [3.63, 3.8) is 0 Å². The van der Waals surface area contributed by atoms with E-state index in [0.717, 1.165) is 24.8 Å². The number of aliphatic hydroxyl groups is 1. The van der Waals surface area contributed by atoms with Gasteiger partial charge in [-0.1, -0.05) is 17.9 Å². The van der Waals surface area contributed by atoms with Crippen LogP contribution in [-0.4, -0.2) is 30.3 Å². The lowest BCUT2D eigenvalue weighted by atomic mass is 9.77. The van der Waals surface area contributed by atoms with Gasteiger partial charge in [-0.05, 0) is 43.9 Å². The second kappa shape index (κ2) is 6.75. The number of methoxy groups -OCH3 is 1. The van der Waals surface area contributed by atoms with Crippen molar-refractivity contribution in [1.82, 2.24) is 0 Å². The minimum atomic E-state index is -0.287. The Kier molecular flexibility index (Phi) is 5.00. The Labute approximate surface area is 125 Å². The van der Waals surface area contributed by atoms with Gasteiger partial charge < -0.3 is 15.2 Å². The lowest BCUT2D eigenvalue weighted by molar-refractivity contribution is -0.129. The summed E-state index contributed by atoms with van der Waals surface area (Å²) in [4.78, 5) is 12.2. The first-order valence-corrected chi connectivity index (χ1v) is 7.14. The maximum atomic E-state index is 12.2. The molecular weight excluding hydrogens is 266 g/mol. The van der Waals surface area contributed by atoms with Gasteiger partial charge in [-0.2, -0.15) is 0 Å². The number of ether oxygens (including phenoxy) is 1. The third-order valence-corrected chi connectivity index (χ3v) is 3.93. The lowest BCUT2D eigenvalue weighted by Crippen LogP contribution is -2.42. The second-order valence-corrected chi connectivity index (χ2v) is 5.47. The van der Waals surface area contributed by atoms with E-state index in [4.69, 9.17) is 9.84 Å². The van der Waals surface area contributed by atoms with Gasteiger partial charge in [0.1, 0.15) is 6.61 Å². The molecule has 0 saturated heterocycles. The second-order valence-electron chi connectivity index (χ2n) is 5.47. The van der Waals surface area contributed by atoms with Crippen molar-refractivity contribution in [2.45, 2.75) is 38.2 Å². The molecule has 0 heterocycles. The van der Waals surface area contributed by atoms with Crippen LogP contribution >= 0.6 is 0 Å². The van der Waals surface area contributed by atoms with Crippen molar-refractivity contribution in [2.24, 2.45) is 0 Å². The van der Waals surface area contributed by atoms with Gasteiger partial charge in [0, 0.05) is 12.7 Å². The zero-order chi connectivity index (χ0) is 15.3. The molecule has 21 heavy (non-hydrogen) atoms. The minimum absolute atomic E-state index is 0.0609. The molecule has 4 nitrogen and oxygen atoms in total. The molecule has 1 amide bonds.